The molecule has 0 amide bonds. The van der Waals surface area contributed by atoms with E-state index >= 15 is 0 Å². The summed E-state index contributed by atoms with van der Waals surface area (Å²) in [6, 6.07) is 23.2. The van der Waals surface area contributed by atoms with Crippen LogP contribution in [0.2, 0.25) is 0 Å². The summed E-state index contributed by atoms with van der Waals surface area (Å²) >= 11 is 0. The zero-order valence-corrected chi connectivity index (χ0v) is 19.7. The van der Waals surface area contributed by atoms with E-state index in [4.69, 9.17) is 9.47 Å². The number of ketones is 1. The fourth-order valence-electron chi connectivity index (χ4n) is 2.83. The van der Waals surface area contributed by atoms with Crippen molar-refractivity contribution in [3.05, 3.63) is 109 Å². The number of halogens is 1. The number of Topliss-reactive ketones (excluding diaryl/α,β-unsaturated/α-hetero) is 1. The standard InChI is InChI=1S/C20H16FNO.C6H14O2.C2H4/c21-17-10-6-15(7-11-17)14-20(23)16-8-12-19(13-9-16)22-18-4-2-1-3-5-18;1-4-7-6(3)8-5-2;1-2/h1-13,22H,14H2;6H,4-5H2,1-3H3;1-2H2. The number of carbonyl (C=O) groups is 1. The Morgan fingerprint density at radius 1 is 0.848 bits per heavy atom. The van der Waals surface area contributed by atoms with Gasteiger partial charge in [0.25, 0.3) is 0 Å². The van der Waals surface area contributed by atoms with Crippen LogP contribution in [0.1, 0.15) is 36.7 Å². The molecule has 0 aromatic heterocycles. The molecule has 0 saturated carbocycles. The fraction of sp³-hybridized carbons (Fsp3) is 0.250. The van der Waals surface area contributed by atoms with Gasteiger partial charge in [-0.2, -0.15) is 0 Å². The molecule has 33 heavy (non-hydrogen) atoms. The van der Waals surface area contributed by atoms with Crippen molar-refractivity contribution in [2.45, 2.75) is 33.5 Å². The second kappa shape index (κ2) is 16.4. The number of anilines is 2. The molecule has 0 spiro atoms. The third kappa shape index (κ3) is 11.2. The Morgan fingerprint density at radius 2 is 1.36 bits per heavy atom. The minimum Gasteiger partial charge on any atom is -0.356 e. The third-order valence-corrected chi connectivity index (χ3v) is 4.35. The van der Waals surface area contributed by atoms with E-state index in [1.54, 1.807) is 24.3 Å². The normalized spacial score (nSPS) is 9.85. The summed E-state index contributed by atoms with van der Waals surface area (Å²) in [5.74, 6) is -0.277. The van der Waals surface area contributed by atoms with Crippen LogP contribution in [0.25, 0.3) is 0 Å². The van der Waals surface area contributed by atoms with E-state index in [9.17, 15) is 9.18 Å². The third-order valence-electron chi connectivity index (χ3n) is 4.35. The van der Waals surface area contributed by atoms with Crippen LogP contribution in [0.5, 0.6) is 0 Å². The topological polar surface area (TPSA) is 47.6 Å². The summed E-state index contributed by atoms with van der Waals surface area (Å²) in [7, 11) is 0. The summed E-state index contributed by atoms with van der Waals surface area (Å²) in [5, 5.41) is 3.27. The van der Waals surface area contributed by atoms with Gasteiger partial charge in [0.15, 0.2) is 12.1 Å². The highest BCUT2D eigenvalue weighted by molar-refractivity contribution is 5.97. The lowest BCUT2D eigenvalue weighted by Crippen LogP contribution is -2.11. The van der Waals surface area contributed by atoms with Crippen molar-refractivity contribution in [3.63, 3.8) is 0 Å². The predicted octanol–water partition coefficient (Wildman–Crippen LogP) is 7.20. The van der Waals surface area contributed by atoms with Gasteiger partial charge in [-0.15, -0.1) is 13.2 Å². The summed E-state index contributed by atoms with van der Waals surface area (Å²) in [4.78, 5) is 12.3. The lowest BCUT2D eigenvalue weighted by atomic mass is 10.0. The molecule has 0 bridgehead atoms. The summed E-state index contributed by atoms with van der Waals surface area (Å²) < 4.78 is 23.0. The number of carbonyl (C=O) groups excluding carboxylic acids is 1. The van der Waals surface area contributed by atoms with Crippen LogP contribution in [0, 0.1) is 5.82 Å². The molecule has 1 N–H and O–H groups in total. The Morgan fingerprint density at radius 3 is 1.88 bits per heavy atom. The van der Waals surface area contributed by atoms with Gasteiger partial charge >= 0.3 is 0 Å². The van der Waals surface area contributed by atoms with Crippen LogP contribution in [0.4, 0.5) is 15.8 Å². The maximum atomic E-state index is 12.9. The molecule has 0 aliphatic carbocycles. The van der Waals surface area contributed by atoms with Gasteiger partial charge in [-0.05, 0) is 74.9 Å². The van der Waals surface area contributed by atoms with Gasteiger partial charge in [0.05, 0.1) is 0 Å². The first-order valence-corrected chi connectivity index (χ1v) is 10.9. The highest BCUT2D eigenvalue weighted by Crippen LogP contribution is 2.17. The average molecular weight is 452 g/mol. The quantitative estimate of drug-likeness (QED) is 0.212. The molecule has 4 nitrogen and oxygen atoms in total. The van der Waals surface area contributed by atoms with Crippen LogP contribution in [-0.2, 0) is 15.9 Å². The Balaban J connectivity index is 0.000000464. The molecule has 3 rings (SSSR count). The van der Waals surface area contributed by atoms with E-state index < -0.39 is 0 Å². The zero-order chi connectivity index (χ0) is 24.5. The van der Waals surface area contributed by atoms with Crippen LogP contribution in [0.15, 0.2) is 92.0 Å². The first-order chi connectivity index (χ1) is 16.0. The van der Waals surface area contributed by atoms with E-state index in [1.807, 2.05) is 63.2 Å². The molecule has 0 atom stereocenters. The average Bonchev–Trinajstić information content (AvgIpc) is 2.84. The molecular weight excluding hydrogens is 417 g/mol. The van der Waals surface area contributed by atoms with Crippen molar-refractivity contribution < 1.29 is 18.7 Å². The second-order valence-electron chi connectivity index (χ2n) is 6.77. The number of rotatable bonds is 9. The van der Waals surface area contributed by atoms with Gasteiger partial charge in [0.2, 0.25) is 0 Å². The zero-order valence-electron chi connectivity index (χ0n) is 19.7. The fourth-order valence-corrected chi connectivity index (χ4v) is 2.83. The van der Waals surface area contributed by atoms with E-state index in [-0.39, 0.29) is 24.3 Å². The predicted molar refractivity (Wildman–Crippen MR) is 135 cm³/mol. The van der Waals surface area contributed by atoms with Crippen molar-refractivity contribution in [1.29, 1.82) is 0 Å². The number of ether oxygens (including phenoxy) is 2. The maximum Gasteiger partial charge on any atom is 0.167 e. The van der Waals surface area contributed by atoms with E-state index in [1.165, 1.54) is 12.1 Å². The van der Waals surface area contributed by atoms with Crippen molar-refractivity contribution in [1.82, 2.24) is 0 Å². The highest BCUT2D eigenvalue weighted by Gasteiger charge is 2.07. The SMILES string of the molecule is C=C.CCOC(C)OCC.O=C(Cc1ccc(F)cc1)c1ccc(Nc2ccccc2)cc1. The van der Waals surface area contributed by atoms with Crippen molar-refractivity contribution in [2.24, 2.45) is 0 Å². The van der Waals surface area contributed by atoms with Crippen molar-refractivity contribution >= 4 is 17.2 Å². The smallest absolute Gasteiger partial charge is 0.167 e. The highest BCUT2D eigenvalue weighted by atomic mass is 19.1. The van der Waals surface area contributed by atoms with E-state index in [0.29, 0.717) is 5.56 Å². The number of hydrogen-bond acceptors (Lipinski definition) is 4. The van der Waals surface area contributed by atoms with Crippen LogP contribution in [-0.4, -0.2) is 25.3 Å². The van der Waals surface area contributed by atoms with Crippen LogP contribution >= 0.6 is 0 Å². The number of hydrogen-bond donors (Lipinski definition) is 1. The van der Waals surface area contributed by atoms with Gasteiger partial charge in [-0.25, -0.2) is 4.39 Å². The molecule has 0 radical (unpaired) electrons. The van der Waals surface area contributed by atoms with E-state index in [0.717, 1.165) is 30.2 Å². The molecule has 0 heterocycles. The van der Waals surface area contributed by atoms with Crippen LogP contribution < -0.4 is 5.32 Å². The Labute approximate surface area is 197 Å². The Hall–Kier alpha value is -3.28. The molecule has 5 heteroatoms. The lowest BCUT2D eigenvalue weighted by Gasteiger charge is -2.09. The molecule has 3 aromatic carbocycles. The monoisotopic (exact) mass is 451 g/mol. The van der Waals surface area contributed by atoms with Crippen molar-refractivity contribution in [3.8, 4) is 0 Å². The van der Waals surface area contributed by atoms with Gasteiger partial charge in [0, 0.05) is 36.6 Å². The first kappa shape index (κ1) is 27.8. The van der Waals surface area contributed by atoms with Crippen molar-refractivity contribution in [2.75, 3.05) is 18.5 Å². The second-order valence-corrected chi connectivity index (χ2v) is 6.77. The molecule has 0 saturated heterocycles. The van der Waals surface area contributed by atoms with E-state index in [2.05, 4.69) is 18.5 Å². The Bertz CT molecular complexity index is 906. The molecule has 0 aliphatic rings. The summed E-state index contributed by atoms with van der Waals surface area (Å²) in [5.41, 5.74) is 3.38. The summed E-state index contributed by atoms with van der Waals surface area (Å²) in [6.07, 6.45) is 0.233. The van der Waals surface area contributed by atoms with Gasteiger partial charge < -0.3 is 14.8 Å². The van der Waals surface area contributed by atoms with Crippen LogP contribution in [0.3, 0.4) is 0 Å². The molecule has 0 unspecified atom stereocenters. The van der Waals surface area contributed by atoms with Gasteiger partial charge in [-0.1, -0.05) is 30.3 Å². The molecule has 3 aromatic rings. The molecule has 176 valence electrons. The lowest BCUT2D eigenvalue weighted by molar-refractivity contribution is -0.123. The Kier molecular flexibility index (Phi) is 13.8. The minimum absolute atomic E-state index is 0.0165. The molecule has 0 aliphatic heterocycles. The number of para-hydroxylation sites is 1. The van der Waals surface area contributed by atoms with Gasteiger partial charge in [0.1, 0.15) is 5.82 Å². The first-order valence-electron chi connectivity index (χ1n) is 10.9. The largest absolute Gasteiger partial charge is 0.356 e. The minimum atomic E-state index is -0.294. The van der Waals surface area contributed by atoms with Gasteiger partial charge in [-0.3, -0.25) is 4.79 Å². The molecule has 0 fully saturated rings. The number of nitrogens with one attached hydrogen (secondary N) is 1. The number of benzene rings is 3. The summed E-state index contributed by atoms with van der Waals surface area (Å²) in [6.45, 7) is 13.3. The molecular formula is C28H34FNO3. The maximum absolute atomic E-state index is 12.9.